The van der Waals surface area contributed by atoms with Gasteiger partial charge in [-0.3, -0.25) is 10.1 Å². The average molecular weight is 416 g/mol. The second kappa shape index (κ2) is 9.92. The fourth-order valence-corrected chi connectivity index (χ4v) is 3.04. The Morgan fingerprint density at radius 3 is 2.48 bits per heavy atom. The molecule has 2 rings (SSSR count). The van der Waals surface area contributed by atoms with Crippen LogP contribution < -0.4 is 5.32 Å². The molecule has 1 amide bonds. The molecule has 128 valence electrons. The van der Waals surface area contributed by atoms with E-state index in [4.69, 9.17) is 17.5 Å². The van der Waals surface area contributed by atoms with Crippen LogP contribution in [0.3, 0.4) is 0 Å². The van der Waals surface area contributed by atoms with Gasteiger partial charge in [-0.15, -0.1) is 0 Å². The Morgan fingerprint density at radius 2 is 1.80 bits per heavy atom. The maximum Gasteiger partial charge on any atom is 0.258 e. The standard InChI is InChI=1S/C19H18BrN3OS/c20-17-10-5-4-9-16(17)18(24)22-19(25)23(13-6-12-21)14-11-15-7-2-1-3-8-15/h1-5,7-10H,6,11,13-14H2,(H,22,24,25). The van der Waals surface area contributed by atoms with Crippen LogP contribution in [-0.2, 0) is 6.42 Å². The van der Waals surface area contributed by atoms with Crippen LogP contribution >= 0.6 is 28.1 Å². The number of nitrogens with zero attached hydrogens (tertiary/aromatic N) is 2. The fourth-order valence-electron chi connectivity index (χ4n) is 2.30. The molecule has 0 fully saturated rings. The molecule has 2 aromatic carbocycles. The number of hydrogen-bond donors (Lipinski definition) is 1. The zero-order valence-electron chi connectivity index (χ0n) is 13.6. The Kier molecular flexibility index (Phi) is 7.58. The summed E-state index contributed by atoms with van der Waals surface area (Å²) in [5.74, 6) is -0.265. The maximum atomic E-state index is 12.4. The summed E-state index contributed by atoms with van der Waals surface area (Å²) in [6.07, 6.45) is 1.14. The largest absolute Gasteiger partial charge is 0.348 e. The number of nitriles is 1. The summed E-state index contributed by atoms with van der Waals surface area (Å²) in [6, 6.07) is 19.3. The van der Waals surface area contributed by atoms with Crippen molar-refractivity contribution in [3.8, 4) is 6.07 Å². The van der Waals surface area contributed by atoms with Gasteiger partial charge in [-0.1, -0.05) is 42.5 Å². The summed E-state index contributed by atoms with van der Waals surface area (Å²) < 4.78 is 0.711. The number of benzene rings is 2. The first-order valence-electron chi connectivity index (χ1n) is 7.87. The minimum absolute atomic E-state index is 0.265. The van der Waals surface area contributed by atoms with Crippen LogP contribution in [0.2, 0.25) is 0 Å². The predicted octanol–water partition coefficient (Wildman–Crippen LogP) is 3.92. The Bertz CT molecular complexity index is 774. The van der Waals surface area contributed by atoms with Gasteiger partial charge >= 0.3 is 0 Å². The van der Waals surface area contributed by atoms with E-state index in [1.54, 1.807) is 18.2 Å². The van der Waals surface area contributed by atoms with Crippen molar-refractivity contribution in [3.05, 3.63) is 70.2 Å². The van der Waals surface area contributed by atoms with E-state index in [-0.39, 0.29) is 5.91 Å². The topological polar surface area (TPSA) is 56.1 Å². The van der Waals surface area contributed by atoms with Crippen LogP contribution in [0.5, 0.6) is 0 Å². The lowest BCUT2D eigenvalue weighted by Crippen LogP contribution is -2.44. The van der Waals surface area contributed by atoms with Crippen molar-refractivity contribution in [3.63, 3.8) is 0 Å². The van der Waals surface area contributed by atoms with Crippen LogP contribution in [0.15, 0.2) is 59.1 Å². The van der Waals surface area contributed by atoms with Crippen molar-refractivity contribution < 1.29 is 4.79 Å². The van der Waals surface area contributed by atoms with Crippen LogP contribution in [-0.4, -0.2) is 29.0 Å². The van der Waals surface area contributed by atoms with Gasteiger partial charge in [0.1, 0.15) is 0 Å². The first kappa shape index (κ1) is 19.1. The molecule has 0 heterocycles. The number of amides is 1. The average Bonchev–Trinajstić information content (AvgIpc) is 2.62. The van der Waals surface area contributed by atoms with E-state index in [0.29, 0.717) is 34.7 Å². The van der Waals surface area contributed by atoms with E-state index in [1.165, 1.54) is 5.56 Å². The van der Waals surface area contributed by atoms with Crippen molar-refractivity contribution in [1.82, 2.24) is 10.2 Å². The number of carbonyl (C=O) groups excluding carboxylic acids is 1. The van der Waals surface area contributed by atoms with Gasteiger partial charge in [0.15, 0.2) is 5.11 Å². The predicted molar refractivity (Wildman–Crippen MR) is 106 cm³/mol. The molecule has 6 heteroatoms. The van der Waals surface area contributed by atoms with Gasteiger partial charge in [-0.25, -0.2) is 0 Å². The quantitative estimate of drug-likeness (QED) is 0.726. The molecule has 0 aliphatic rings. The molecule has 2 aromatic rings. The Balaban J connectivity index is 2.01. The number of rotatable bonds is 6. The molecular formula is C19H18BrN3OS. The molecule has 0 aromatic heterocycles. The van der Waals surface area contributed by atoms with Gasteiger partial charge in [0.25, 0.3) is 5.91 Å². The second-order valence-corrected chi connectivity index (χ2v) is 6.61. The van der Waals surface area contributed by atoms with Crippen molar-refractivity contribution in [2.45, 2.75) is 12.8 Å². The zero-order valence-corrected chi connectivity index (χ0v) is 16.0. The molecule has 0 bridgehead atoms. The molecule has 0 unspecified atom stereocenters. The molecule has 0 spiro atoms. The molecule has 0 radical (unpaired) electrons. The summed E-state index contributed by atoms with van der Waals surface area (Å²) in [5, 5.41) is 12.0. The Labute approximate surface area is 161 Å². The number of carbonyl (C=O) groups is 1. The lowest BCUT2D eigenvalue weighted by Gasteiger charge is -2.24. The Morgan fingerprint density at radius 1 is 1.12 bits per heavy atom. The van der Waals surface area contributed by atoms with Gasteiger partial charge in [-0.05, 0) is 52.3 Å². The zero-order chi connectivity index (χ0) is 18.1. The number of thiocarbonyl (C=S) groups is 1. The van der Waals surface area contributed by atoms with Crippen LogP contribution in [0, 0.1) is 11.3 Å². The highest BCUT2D eigenvalue weighted by molar-refractivity contribution is 9.10. The van der Waals surface area contributed by atoms with Gasteiger partial charge in [0.2, 0.25) is 0 Å². The van der Waals surface area contributed by atoms with Crippen LogP contribution in [0.1, 0.15) is 22.3 Å². The van der Waals surface area contributed by atoms with Gasteiger partial charge in [-0.2, -0.15) is 5.26 Å². The third-order valence-corrected chi connectivity index (χ3v) is 4.68. The number of halogens is 1. The highest BCUT2D eigenvalue weighted by atomic mass is 79.9. The molecule has 1 N–H and O–H groups in total. The minimum atomic E-state index is -0.265. The summed E-state index contributed by atoms with van der Waals surface area (Å²) in [6.45, 7) is 1.12. The van der Waals surface area contributed by atoms with Crippen LogP contribution in [0.25, 0.3) is 0 Å². The highest BCUT2D eigenvalue weighted by Gasteiger charge is 2.15. The number of hydrogen-bond acceptors (Lipinski definition) is 3. The van der Waals surface area contributed by atoms with E-state index in [0.717, 1.165) is 6.42 Å². The lowest BCUT2D eigenvalue weighted by molar-refractivity contribution is 0.0972. The molecule has 0 aliphatic carbocycles. The third-order valence-electron chi connectivity index (χ3n) is 3.63. The SMILES string of the molecule is N#CCCN(CCc1ccccc1)C(=S)NC(=O)c1ccccc1Br. The highest BCUT2D eigenvalue weighted by Crippen LogP contribution is 2.15. The van der Waals surface area contributed by atoms with Gasteiger partial charge in [0, 0.05) is 17.6 Å². The third kappa shape index (κ3) is 5.96. The summed E-state index contributed by atoms with van der Waals surface area (Å²) in [7, 11) is 0. The summed E-state index contributed by atoms with van der Waals surface area (Å²) >= 11 is 8.76. The maximum absolute atomic E-state index is 12.4. The van der Waals surface area contributed by atoms with Crippen molar-refractivity contribution in [1.29, 1.82) is 5.26 Å². The fraction of sp³-hybridized carbons (Fsp3) is 0.211. The molecule has 0 saturated carbocycles. The summed E-state index contributed by atoms with van der Waals surface area (Å²) in [5.41, 5.74) is 1.71. The van der Waals surface area contributed by atoms with Crippen molar-refractivity contribution in [2.24, 2.45) is 0 Å². The van der Waals surface area contributed by atoms with E-state index in [9.17, 15) is 4.79 Å². The van der Waals surface area contributed by atoms with Crippen molar-refractivity contribution in [2.75, 3.05) is 13.1 Å². The lowest BCUT2D eigenvalue weighted by atomic mass is 10.1. The van der Waals surface area contributed by atoms with Gasteiger partial charge in [0.05, 0.1) is 18.1 Å². The Hall–Kier alpha value is -2.23. The molecule has 4 nitrogen and oxygen atoms in total. The molecule has 0 saturated heterocycles. The first-order chi connectivity index (χ1) is 12.1. The van der Waals surface area contributed by atoms with Gasteiger partial charge < -0.3 is 4.90 Å². The molecular weight excluding hydrogens is 398 g/mol. The van der Waals surface area contributed by atoms with Crippen LogP contribution in [0.4, 0.5) is 0 Å². The van der Waals surface area contributed by atoms with Crippen molar-refractivity contribution >= 4 is 39.2 Å². The minimum Gasteiger partial charge on any atom is -0.348 e. The van der Waals surface area contributed by atoms with E-state index in [2.05, 4.69) is 27.3 Å². The molecule has 0 atom stereocenters. The summed E-state index contributed by atoms with van der Waals surface area (Å²) in [4.78, 5) is 14.3. The van der Waals surface area contributed by atoms with E-state index >= 15 is 0 Å². The monoisotopic (exact) mass is 415 g/mol. The first-order valence-corrected chi connectivity index (χ1v) is 9.07. The normalized spacial score (nSPS) is 9.92. The second-order valence-electron chi connectivity index (χ2n) is 5.37. The number of nitrogens with one attached hydrogen (secondary N) is 1. The smallest absolute Gasteiger partial charge is 0.258 e. The van der Waals surface area contributed by atoms with E-state index < -0.39 is 0 Å². The van der Waals surface area contributed by atoms with E-state index in [1.807, 2.05) is 41.3 Å². The molecule has 0 aliphatic heterocycles. The molecule has 25 heavy (non-hydrogen) atoms.